The van der Waals surface area contributed by atoms with Gasteiger partial charge in [0.05, 0.1) is 28.1 Å². The van der Waals surface area contributed by atoms with Crippen molar-refractivity contribution in [2.75, 3.05) is 5.75 Å². The number of hydrogen-bond acceptors (Lipinski definition) is 3. The molecule has 25 heavy (non-hydrogen) atoms. The number of aryl methyl sites for hydroxylation is 1. The van der Waals surface area contributed by atoms with E-state index in [1.165, 1.54) is 5.56 Å². The molecule has 2 N–H and O–H groups in total. The fourth-order valence-electron chi connectivity index (χ4n) is 2.88. The van der Waals surface area contributed by atoms with E-state index >= 15 is 0 Å². The maximum Gasteiger partial charge on any atom is 0.230 e. The minimum atomic E-state index is 0.0100. The van der Waals surface area contributed by atoms with Gasteiger partial charge in [-0.3, -0.25) is 4.79 Å². The number of nitrogens with one attached hydrogen (secondary N) is 2. The predicted molar refractivity (Wildman–Crippen MR) is 105 cm³/mol. The van der Waals surface area contributed by atoms with Gasteiger partial charge in [0.2, 0.25) is 5.91 Å². The van der Waals surface area contributed by atoms with E-state index < -0.39 is 0 Å². The molecule has 130 valence electrons. The van der Waals surface area contributed by atoms with E-state index in [1.54, 1.807) is 11.8 Å². The molecule has 5 heteroatoms. The lowest BCUT2D eigenvalue weighted by molar-refractivity contribution is -0.119. The Kier molecular flexibility index (Phi) is 5.43. The minimum Gasteiger partial charge on any atom is -0.349 e. The Bertz CT molecular complexity index is 841. The van der Waals surface area contributed by atoms with Crippen molar-refractivity contribution in [3.05, 3.63) is 65.5 Å². The number of fused-ring (bicyclic) bond motifs is 1. The van der Waals surface area contributed by atoms with E-state index in [1.807, 2.05) is 43.3 Å². The van der Waals surface area contributed by atoms with Gasteiger partial charge in [0.15, 0.2) is 0 Å². The lowest BCUT2D eigenvalue weighted by Crippen LogP contribution is -2.28. The monoisotopic (exact) mass is 353 g/mol. The third-order valence-corrected chi connectivity index (χ3v) is 5.44. The number of amides is 1. The first-order valence-electron chi connectivity index (χ1n) is 8.45. The fraction of sp³-hybridized carbons (Fsp3) is 0.300. The van der Waals surface area contributed by atoms with Crippen molar-refractivity contribution in [1.29, 1.82) is 0 Å². The highest BCUT2D eigenvalue weighted by Crippen LogP contribution is 2.27. The summed E-state index contributed by atoms with van der Waals surface area (Å²) in [5, 5.41) is 3.21. The molecule has 1 amide bonds. The molecule has 0 fully saturated rings. The van der Waals surface area contributed by atoms with Crippen molar-refractivity contribution in [3.8, 4) is 0 Å². The molecule has 2 aromatic carbocycles. The van der Waals surface area contributed by atoms with Crippen LogP contribution in [-0.2, 0) is 4.79 Å². The number of benzene rings is 2. The van der Waals surface area contributed by atoms with Gasteiger partial charge >= 0.3 is 0 Å². The average molecular weight is 353 g/mol. The van der Waals surface area contributed by atoms with Gasteiger partial charge in [-0.15, -0.1) is 11.8 Å². The molecular formula is C20H23N3OS. The van der Waals surface area contributed by atoms with Gasteiger partial charge in [-0.1, -0.05) is 36.4 Å². The predicted octanol–water partition coefficient (Wildman–Crippen LogP) is 4.54. The van der Waals surface area contributed by atoms with Gasteiger partial charge in [-0.05, 0) is 44.0 Å². The highest BCUT2D eigenvalue weighted by molar-refractivity contribution is 8.00. The summed E-state index contributed by atoms with van der Waals surface area (Å²) in [6.07, 6.45) is 0. The molecule has 2 atom stereocenters. The number of H-pyrrole nitrogens is 1. The topological polar surface area (TPSA) is 57.8 Å². The van der Waals surface area contributed by atoms with Gasteiger partial charge < -0.3 is 10.3 Å². The Morgan fingerprint density at radius 1 is 1.16 bits per heavy atom. The van der Waals surface area contributed by atoms with Crippen LogP contribution in [0.15, 0.2) is 48.5 Å². The smallest absolute Gasteiger partial charge is 0.230 e. The molecule has 0 aliphatic carbocycles. The first-order valence-corrected chi connectivity index (χ1v) is 9.50. The molecular weight excluding hydrogens is 330 g/mol. The zero-order valence-electron chi connectivity index (χ0n) is 14.7. The van der Waals surface area contributed by atoms with E-state index in [4.69, 9.17) is 0 Å². The van der Waals surface area contributed by atoms with Crippen LogP contribution in [0, 0.1) is 6.92 Å². The molecule has 0 radical (unpaired) electrons. The summed E-state index contributed by atoms with van der Waals surface area (Å²) >= 11 is 1.59. The van der Waals surface area contributed by atoms with Crippen molar-refractivity contribution in [2.45, 2.75) is 32.1 Å². The zero-order chi connectivity index (χ0) is 17.8. The summed E-state index contributed by atoms with van der Waals surface area (Å²) < 4.78 is 0. The highest BCUT2D eigenvalue weighted by atomic mass is 32.2. The van der Waals surface area contributed by atoms with Gasteiger partial charge in [0, 0.05) is 0 Å². The number of carbonyl (C=O) groups excluding carboxylic acids is 1. The summed E-state index contributed by atoms with van der Waals surface area (Å²) in [5.41, 5.74) is 4.34. The largest absolute Gasteiger partial charge is 0.349 e. The molecule has 0 spiro atoms. The lowest BCUT2D eigenvalue weighted by atomic mass is 10.0. The van der Waals surface area contributed by atoms with Gasteiger partial charge in [-0.25, -0.2) is 4.98 Å². The second-order valence-corrected chi connectivity index (χ2v) is 7.57. The van der Waals surface area contributed by atoms with Crippen molar-refractivity contribution in [2.24, 2.45) is 0 Å². The Hall–Kier alpha value is -2.27. The minimum absolute atomic E-state index is 0.0100. The van der Waals surface area contributed by atoms with Crippen molar-refractivity contribution >= 4 is 28.7 Å². The van der Waals surface area contributed by atoms with Crippen LogP contribution in [0.25, 0.3) is 11.0 Å². The SMILES string of the molecule is Cc1ccccc1[C@H](C)NC(=O)CS[C@@H](C)c1nc2ccccc2[nH]1. The molecule has 0 aliphatic rings. The third-order valence-electron chi connectivity index (χ3n) is 4.29. The van der Waals surface area contributed by atoms with E-state index in [0.717, 1.165) is 22.4 Å². The molecule has 0 aliphatic heterocycles. The Balaban J connectivity index is 1.55. The number of para-hydroxylation sites is 2. The summed E-state index contributed by atoms with van der Waals surface area (Å²) in [6.45, 7) is 6.16. The van der Waals surface area contributed by atoms with Crippen LogP contribution in [-0.4, -0.2) is 21.6 Å². The number of carbonyl (C=O) groups is 1. The van der Waals surface area contributed by atoms with Crippen LogP contribution >= 0.6 is 11.8 Å². The molecule has 0 bridgehead atoms. The number of imidazole rings is 1. The number of hydrogen-bond donors (Lipinski definition) is 2. The molecule has 3 aromatic rings. The van der Waals surface area contributed by atoms with Crippen LogP contribution in [0.1, 0.15) is 42.1 Å². The standard InChI is InChI=1S/C20H23N3OS/c1-13-8-4-5-9-16(13)14(2)21-19(24)12-25-15(3)20-22-17-10-6-7-11-18(17)23-20/h4-11,14-15H,12H2,1-3H3,(H,21,24)(H,22,23)/t14-,15-/m0/s1. The number of aromatic amines is 1. The number of nitrogens with zero attached hydrogens (tertiary/aromatic N) is 1. The van der Waals surface area contributed by atoms with Gasteiger partial charge in [0.1, 0.15) is 5.82 Å². The van der Waals surface area contributed by atoms with Crippen LogP contribution < -0.4 is 5.32 Å². The Morgan fingerprint density at radius 2 is 1.88 bits per heavy atom. The van der Waals surface area contributed by atoms with Gasteiger partial charge in [0.25, 0.3) is 0 Å². The van der Waals surface area contributed by atoms with E-state index in [-0.39, 0.29) is 17.2 Å². The lowest BCUT2D eigenvalue weighted by Gasteiger charge is -2.17. The molecule has 1 aromatic heterocycles. The van der Waals surface area contributed by atoms with Crippen LogP contribution in [0.5, 0.6) is 0 Å². The second kappa shape index (κ2) is 7.74. The van der Waals surface area contributed by atoms with Crippen LogP contribution in [0.4, 0.5) is 0 Å². The third kappa shape index (κ3) is 4.23. The number of rotatable bonds is 6. The molecule has 0 saturated carbocycles. The average Bonchev–Trinajstić information content (AvgIpc) is 3.04. The normalized spacial score (nSPS) is 13.6. The van der Waals surface area contributed by atoms with E-state index in [9.17, 15) is 4.79 Å². The second-order valence-electron chi connectivity index (χ2n) is 6.24. The first-order chi connectivity index (χ1) is 12.0. The first kappa shape index (κ1) is 17.5. The van der Waals surface area contributed by atoms with Crippen molar-refractivity contribution in [1.82, 2.24) is 15.3 Å². The maximum atomic E-state index is 12.3. The molecule has 4 nitrogen and oxygen atoms in total. The summed E-state index contributed by atoms with van der Waals surface area (Å²) in [6, 6.07) is 16.1. The van der Waals surface area contributed by atoms with Crippen molar-refractivity contribution < 1.29 is 4.79 Å². The van der Waals surface area contributed by atoms with Crippen molar-refractivity contribution in [3.63, 3.8) is 0 Å². The van der Waals surface area contributed by atoms with E-state index in [2.05, 4.69) is 41.3 Å². The summed E-state index contributed by atoms with van der Waals surface area (Å²) in [4.78, 5) is 20.2. The molecule has 0 unspecified atom stereocenters. The van der Waals surface area contributed by atoms with Gasteiger partial charge in [-0.2, -0.15) is 0 Å². The molecule has 3 rings (SSSR count). The maximum absolute atomic E-state index is 12.3. The quantitative estimate of drug-likeness (QED) is 0.684. The molecule has 0 saturated heterocycles. The highest BCUT2D eigenvalue weighted by Gasteiger charge is 2.15. The summed E-state index contributed by atoms with van der Waals surface area (Å²) in [7, 11) is 0. The number of aromatic nitrogens is 2. The number of thioether (sulfide) groups is 1. The molecule has 1 heterocycles. The Morgan fingerprint density at radius 3 is 2.64 bits per heavy atom. The van der Waals surface area contributed by atoms with Crippen LogP contribution in [0.2, 0.25) is 0 Å². The van der Waals surface area contributed by atoms with E-state index in [0.29, 0.717) is 5.75 Å². The van der Waals surface area contributed by atoms with Crippen LogP contribution in [0.3, 0.4) is 0 Å². The fourth-order valence-corrected chi connectivity index (χ4v) is 3.63. The zero-order valence-corrected chi connectivity index (χ0v) is 15.6. The Labute approximate surface area is 152 Å². The summed E-state index contributed by atoms with van der Waals surface area (Å²) in [5.74, 6) is 1.36.